The topological polar surface area (TPSA) is 91.0 Å². The normalized spacial score (nSPS) is 10.5. The number of esters is 1. The number of hydrogen-bond acceptors (Lipinski definition) is 5. The summed E-state index contributed by atoms with van der Waals surface area (Å²) in [6, 6.07) is 1.81. The van der Waals surface area contributed by atoms with Crippen LogP contribution in [0.15, 0.2) is 12.3 Å². The standard InChI is InChI=1S/C13H17N5O3/c1-8-5-6-14-18(8)7-10(19)15-11-9(2)16-17(3)12(11)13(20)21-4/h5-6H,7H2,1-4H3,(H,15,19). The molecule has 1 amide bonds. The Balaban J connectivity index is 2.21. The molecule has 2 heterocycles. The number of methoxy groups -OCH3 is 1. The minimum Gasteiger partial charge on any atom is -0.464 e. The average Bonchev–Trinajstić information content (AvgIpc) is 2.94. The van der Waals surface area contributed by atoms with Gasteiger partial charge in [-0.2, -0.15) is 10.2 Å². The first-order chi connectivity index (χ1) is 9.93. The lowest BCUT2D eigenvalue weighted by molar-refractivity contribution is -0.116. The third-order valence-corrected chi connectivity index (χ3v) is 3.09. The van der Waals surface area contributed by atoms with Crippen molar-refractivity contribution in [2.45, 2.75) is 20.4 Å². The van der Waals surface area contributed by atoms with Gasteiger partial charge in [-0.25, -0.2) is 4.79 Å². The van der Waals surface area contributed by atoms with Gasteiger partial charge in [0, 0.05) is 18.9 Å². The average molecular weight is 291 g/mol. The molecule has 8 nitrogen and oxygen atoms in total. The van der Waals surface area contributed by atoms with Crippen molar-refractivity contribution < 1.29 is 14.3 Å². The van der Waals surface area contributed by atoms with E-state index in [0.29, 0.717) is 11.4 Å². The molecule has 0 aromatic carbocycles. The maximum Gasteiger partial charge on any atom is 0.358 e. The minimum atomic E-state index is -0.552. The minimum absolute atomic E-state index is 0.0633. The van der Waals surface area contributed by atoms with Gasteiger partial charge in [0.05, 0.1) is 18.5 Å². The van der Waals surface area contributed by atoms with Crippen LogP contribution >= 0.6 is 0 Å². The summed E-state index contributed by atoms with van der Waals surface area (Å²) in [4.78, 5) is 23.9. The molecule has 1 N–H and O–H groups in total. The molecule has 0 unspecified atom stereocenters. The van der Waals surface area contributed by atoms with Gasteiger partial charge >= 0.3 is 5.97 Å². The van der Waals surface area contributed by atoms with Crippen molar-refractivity contribution >= 4 is 17.6 Å². The summed E-state index contributed by atoms with van der Waals surface area (Å²) in [5.74, 6) is -0.841. The summed E-state index contributed by atoms with van der Waals surface area (Å²) in [5.41, 5.74) is 1.99. The summed E-state index contributed by atoms with van der Waals surface area (Å²) in [7, 11) is 2.90. The molecule has 0 fully saturated rings. The molecule has 112 valence electrons. The van der Waals surface area contributed by atoms with Crippen LogP contribution in [0, 0.1) is 13.8 Å². The number of amides is 1. The first-order valence-electron chi connectivity index (χ1n) is 6.34. The summed E-state index contributed by atoms with van der Waals surface area (Å²) < 4.78 is 7.66. The van der Waals surface area contributed by atoms with Gasteiger partial charge in [0.15, 0.2) is 5.69 Å². The Hall–Kier alpha value is -2.64. The second-order valence-electron chi connectivity index (χ2n) is 4.60. The van der Waals surface area contributed by atoms with E-state index in [1.54, 1.807) is 24.9 Å². The molecular formula is C13H17N5O3. The molecule has 0 saturated carbocycles. The molecule has 0 radical (unpaired) electrons. The Bertz CT molecular complexity index is 686. The lowest BCUT2D eigenvalue weighted by Gasteiger charge is -2.08. The highest BCUT2D eigenvalue weighted by atomic mass is 16.5. The number of hydrogen-bond donors (Lipinski definition) is 1. The number of carbonyl (C=O) groups is 2. The van der Waals surface area contributed by atoms with Gasteiger partial charge in [0.25, 0.3) is 0 Å². The molecule has 0 aliphatic heterocycles. The van der Waals surface area contributed by atoms with Crippen LogP contribution in [0.1, 0.15) is 21.9 Å². The number of nitrogens with zero attached hydrogens (tertiary/aromatic N) is 4. The Labute approximate surface area is 121 Å². The zero-order valence-electron chi connectivity index (χ0n) is 12.4. The van der Waals surface area contributed by atoms with Crippen molar-refractivity contribution in [3.8, 4) is 0 Å². The Kier molecular flexibility index (Phi) is 4.06. The smallest absolute Gasteiger partial charge is 0.358 e. The molecule has 0 aliphatic rings. The summed E-state index contributed by atoms with van der Waals surface area (Å²) >= 11 is 0. The van der Waals surface area contributed by atoms with Crippen LogP contribution in [0.2, 0.25) is 0 Å². The van der Waals surface area contributed by atoms with E-state index in [4.69, 9.17) is 4.74 Å². The SMILES string of the molecule is COC(=O)c1c(NC(=O)Cn2nccc2C)c(C)nn1C. The number of carbonyl (C=O) groups excluding carboxylic acids is 2. The van der Waals surface area contributed by atoms with Crippen LogP contribution < -0.4 is 5.32 Å². The molecule has 0 spiro atoms. The highest BCUT2D eigenvalue weighted by Gasteiger charge is 2.22. The predicted octanol–water partition coefficient (Wildman–Crippen LogP) is 0.659. The van der Waals surface area contributed by atoms with E-state index in [0.717, 1.165) is 5.69 Å². The Morgan fingerprint density at radius 2 is 2.10 bits per heavy atom. The van der Waals surface area contributed by atoms with Crippen molar-refractivity contribution in [2.75, 3.05) is 12.4 Å². The van der Waals surface area contributed by atoms with E-state index >= 15 is 0 Å². The fourth-order valence-corrected chi connectivity index (χ4v) is 2.02. The van der Waals surface area contributed by atoms with Crippen molar-refractivity contribution in [2.24, 2.45) is 7.05 Å². The molecule has 2 rings (SSSR count). The third kappa shape index (κ3) is 2.93. The molecule has 0 aliphatic carbocycles. The lowest BCUT2D eigenvalue weighted by Crippen LogP contribution is -2.22. The highest BCUT2D eigenvalue weighted by Crippen LogP contribution is 2.20. The first-order valence-corrected chi connectivity index (χ1v) is 6.34. The zero-order chi connectivity index (χ0) is 15.6. The van der Waals surface area contributed by atoms with E-state index in [2.05, 4.69) is 15.5 Å². The van der Waals surface area contributed by atoms with E-state index < -0.39 is 5.97 Å². The fourth-order valence-electron chi connectivity index (χ4n) is 2.02. The van der Waals surface area contributed by atoms with E-state index in [9.17, 15) is 9.59 Å². The van der Waals surface area contributed by atoms with Crippen molar-refractivity contribution in [3.63, 3.8) is 0 Å². The lowest BCUT2D eigenvalue weighted by atomic mass is 10.3. The van der Waals surface area contributed by atoms with Gasteiger partial charge in [-0.15, -0.1) is 0 Å². The number of nitrogens with one attached hydrogen (secondary N) is 1. The summed E-state index contributed by atoms with van der Waals surface area (Å²) in [5, 5.41) is 10.9. The number of aromatic nitrogens is 4. The highest BCUT2D eigenvalue weighted by molar-refractivity contribution is 6.00. The van der Waals surface area contributed by atoms with Crippen LogP contribution in [0.4, 0.5) is 5.69 Å². The van der Waals surface area contributed by atoms with E-state index in [-0.39, 0.29) is 18.1 Å². The van der Waals surface area contributed by atoms with Gasteiger partial charge in [-0.05, 0) is 19.9 Å². The largest absolute Gasteiger partial charge is 0.464 e. The quantitative estimate of drug-likeness (QED) is 0.836. The van der Waals surface area contributed by atoms with Gasteiger partial charge < -0.3 is 10.1 Å². The zero-order valence-corrected chi connectivity index (χ0v) is 12.4. The van der Waals surface area contributed by atoms with Gasteiger partial charge in [-0.3, -0.25) is 14.2 Å². The number of ether oxygens (including phenoxy) is 1. The number of rotatable bonds is 4. The number of anilines is 1. The molecule has 0 atom stereocenters. The van der Waals surface area contributed by atoms with Crippen molar-refractivity contribution in [3.05, 3.63) is 29.3 Å². The number of aryl methyl sites for hydroxylation is 3. The molecule has 8 heteroatoms. The first kappa shape index (κ1) is 14.8. The third-order valence-electron chi connectivity index (χ3n) is 3.09. The maximum absolute atomic E-state index is 12.1. The van der Waals surface area contributed by atoms with Crippen LogP contribution in [0.3, 0.4) is 0 Å². The predicted molar refractivity (Wildman–Crippen MR) is 74.9 cm³/mol. The van der Waals surface area contributed by atoms with E-state index in [1.807, 2.05) is 13.0 Å². The van der Waals surface area contributed by atoms with Crippen molar-refractivity contribution in [1.29, 1.82) is 0 Å². The second kappa shape index (κ2) is 5.78. The van der Waals surface area contributed by atoms with Gasteiger partial charge in [-0.1, -0.05) is 0 Å². The molecule has 2 aromatic rings. The summed E-state index contributed by atoms with van der Waals surface area (Å²) in [6.07, 6.45) is 1.62. The Morgan fingerprint density at radius 3 is 2.67 bits per heavy atom. The Morgan fingerprint density at radius 1 is 1.38 bits per heavy atom. The van der Waals surface area contributed by atoms with Crippen LogP contribution in [-0.4, -0.2) is 38.5 Å². The van der Waals surface area contributed by atoms with Crippen LogP contribution in [0.25, 0.3) is 0 Å². The van der Waals surface area contributed by atoms with Crippen molar-refractivity contribution in [1.82, 2.24) is 19.6 Å². The van der Waals surface area contributed by atoms with Gasteiger partial charge in [0.2, 0.25) is 5.91 Å². The maximum atomic E-state index is 12.1. The molecule has 0 bridgehead atoms. The second-order valence-corrected chi connectivity index (χ2v) is 4.60. The summed E-state index contributed by atoms with van der Waals surface area (Å²) in [6.45, 7) is 3.63. The molecule has 21 heavy (non-hydrogen) atoms. The van der Waals surface area contributed by atoms with Crippen LogP contribution in [-0.2, 0) is 23.1 Å². The fraction of sp³-hybridized carbons (Fsp3) is 0.385. The van der Waals surface area contributed by atoms with Gasteiger partial charge in [0.1, 0.15) is 6.54 Å². The molecule has 0 saturated heterocycles. The molecule has 2 aromatic heterocycles. The van der Waals surface area contributed by atoms with E-state index in [1.165, 1.54) is 11.8 Å². The monoisotopic (exact) mass is 291 g/mol. The molecular weight excluding hydrogens is 274 g/mol. The van der Waals surface area contributed by atoms with Crippen LogP contribution in [0.5, 0.6) is 0 Å².